The van der Waals surface area contributed by atoms with Crippen LogP contribution in [-0.2, 0) is 5.41 Å². The third-order valence-corrected chi connectivity index (χ3v) is 4.67. The van der Waals surface area contributed by atoms with Crippen LogP contribution >= 0.6 is 0 Å². The second-order valence-electron chi connectivity index (χ2n) is 9.31. The summed E-state index contributed by atoms with van der Waals surface area (Å²) < 4.78 is 0. The van der Waals surface area contributed by atoms with Crippen LogP contribution in [0.15, 0.2) is 18.2 Å². The first-order chi connectivity index (χ1) is 10.7. The Labute approximate surface area is 144 Å². The molecule has 132 valence electrons. The lowest BCUT2D eigenvalue weighted by Crippen LogP contribution is -2.56. The number of carbonyl (C=O) groups is 1. The third-order valence-electron chi connectivity index (χ3n) is 4.67. The lowest BCUT2D eigenvalue weighted by atomic mass is 9.74. The quantitative estimate of drug-likeness (QED) is 0.603. The van der Waals surface area contributed by atoms with E-state index < -0.39 is 4.92 Å². The van der Waals surface area contributed by atoms with Gasteiger partial charge in [0.1, 0.15) is 0 Å². The summed E-state index contributed by atoms with van der Waals surface area (Å²) in [6, 6.07) is 4.65. The van der Waals surface area contributed by atoms with Crippen LogP contribution in [-0.4, -0.2) is 27.8 Å². The Balaban J connectivity index is 2.52. The van der Waals surface area contributed by atoms with Crippen molar-refractivity contribution in [3.63, 3.8) is 0 Å². The van der Waals surface area contributed by atoms with Crippen molar-refractivity contribution in [2.45, 2.75) is 65.8 Å². The number of non-ortho nitro benzene ring substituents is 1. The highest BCUT2D eigenvalue weighted by Crippen LogP contribution is 2.40. The highest BCUT2D eigenvalue weighted by Gasteiger charge is 2.44. The molecule has 0 atom stereocenters. The molecule has 0 saturated heterocycles. The van der Waals surface area contributed by atoms with Gasteiger partial charge in [0, 0.05) is 29.6 Å². The maximum Gasteiger partial charge on any atom is 0.270 e. The maximum atomic E-state index is 13.1. The highest BCUT2D eigenvalue weighted by molar-refractivity contribution is 5.98. The molecule has 0 unspecified atom stereocenters. The van der Waals surface area contributed by atoms with E-state index >= 15 is 0 Å². The minimum atomic E-state index is -0.445. The van der Waals surface area contributed by atoms with Gasteiger partial charge in [0.2, 0.25) is 0 Å². The molecule has 5 heteroatoms. The van der Waals surface area contributed by atoms with Gasteiger partial charge in [-0.3, -0.25) is 14.9 Å². The van der Waals surface area contributed by atoms with E-state index in [0.717, 1.165) is 12.0 Å². The Kier molecular flexibility index (Phi) is 4.28. The van der Waals surface area contributed by atoms with Crippen molar-refractivity contribution in [3.8, 4) is 0 Å². The summed E-state index contributed by atoms with van der Waals surface area (Å²) in [5.74, 6) is -0.109. The standard InChI is InChI=1S/C19H28N2O3/c1-17(2,3)11-19(6,7)20-12-18(4,5)15-9-8-13(21(23)24)10-14(15)16(20)22/h8-10H,11-12H2,1-7H3. The summed E-state index contributed by atoms with van der Waals surface area (Å²) in [5, 5.41) is 11.1. The van der Waals surface area contributed by atoms with Crippen LogP contribution in [0.3, 0.4) is 0 Å². The van der Waals surface area contributed by atoms with Crippen molar-refractivity contribution >= 4 is 11.6 Å². The number of hydrogen-bond donors (Lipinski definition) is 0. The van der Waals surface area contributed by atoms with Crippen LogP contribution in [0.5, 0.6) is 0 Å². The predicted octanol–water partition coefficient (Wildman–Crippen LogP) is 4.54. The third kappa shape index (κ3) is 3.45. The normalized spacial score (nSPS) is 17.6. The van der Waals surface area contributed by atoms with E-state index in [-0.39, 0.29) is 28.0 Å². The van der Waals surface area contributed by atoms with Crippen molar-refractivity contribution in [1.29, 1.82) is 0 Å². The Morgan fingerprint density at radius 2 is 1.79 bits per heavy atom. The average molecular weight is 332 g/mol. The van der Waals surface area contributed by atoms with Gasteiger partial charge in [-0.1, -0.05) is 40.7 Å². The number of nitrogens with zero attached hydrogens (tertiary/aromatic N) is 2. The van der Waals surface area contributed by atoms with Crippen molar-refractivity contribution in [3.05, 3.63) is 39.4 Å². The van der Waals surface area contributed by atoms with Gasteiger partial charge in [-0.05, 0) is 31.2 Å². The smallest absolute Gasteiger partial charge is 0.270 e. The van der Waals surface area contributed by atoms with Crippen molar-refractivity contribution in [2.75, 3.05) is 6.54 Å². The molecule has 1 aromatic rings. The number of carbonyl (C=O) groups excluding carboxylic acids is 1. The van der Waals surface area contributed by atoms with E-state index in [0.29, 0.717) is 12.1 Å². The number of hydrogen-bond acceptors (Lipinski definition) is 3. The summed E-state index contributed by atoms with van der Waals surface area (Å²) >= 11 is 0. The zero-order valence-electron chi connectivity index (χ0n) is 15.8. The minimum absolute atomic E-state index is 0.0339. The molecule has 0 aliphatic carbocycles. The van der Waals surface area contributed by atoms with E-state index in [9.17, 15) is 14.9 Å². The van der Waals surface area contributed by atoms with Gasteiger partial charge < -0.3 is 4.90 Å². The zero-order chi connectivity index (χ0) is 18.5. The predicted molar refractivity (Wildman–Crippen MR) is 95.3 cm³/mol. The molecule has 1 aliphatic heterocycles. The second kappa shape index (κ2) is 5.57. The molecule has 5 nitrogen and oxygen atoms in total. The molecule has 0 bridgehead atoms. The van der Waals surface area contributed by atoms with Crippen molar-refractivity contribution < 1.29 is 9.72 Å². The minimum Gasteiger partial charge on any atom is -0.333 e. The van der Waals surface area contributed by atoms with Crippen molar-refractivity contribution in [1.82, 2.24) is 4.90 Å². The van der Waals surface area contributed by atoms with E-state index in [1.165, 1.54) is 12.1 Å². The Morgan fingerprint density at radius 1 is 1.21 bits per heavy atom. The summed E-state index contributed by atoms with van der Waals surface area (Å²) in [6.07, 6.45) is 0.853. The van der Waals surface area contributed by atoms with Gasteiger partial charge in [0.05, 0.1) is 10.5 Å². The summed E-state index contributed by atoms with van der Waals surface area (Å²) in [6.45, 7) is 15.4. The van der Waals surface area contributed by atoms with Crippen LogP contribution in [0.2, 0.25) is 0 Å². The molecule has 0 N–H and O–H groups in total. The molecular formula is C19H28N2O3. The largest absolute Gasteiger partial charge is 0.333 e. The van der Waals surface area contributed by atoms with E-state index in [4.69, 9.17) is 0 Å². The first kappa shape index (κ1) is 18.4. The molecule has 0 radical (unpaired) electrons. The van der Waals surface area contributed by atoms with Gasteiger partial charge in [-0.15, -0.1) is 0 Å². The first-order valence-corrected chi connectivity index (χ1v) is 8.36. The number of amides is 1. The Morgan fingerprint density at radius 3 is 2.29 bits per heavy atom. The van der Waals surface area contributed by atoms with Gasteiger partial charge in [0.15, 0.2) is 0 Å². The molecular weight excluding hydrogens is 304 g/mol. The first-order valence-electron chi connectivity index (χ1n) is 8.36. The molecule has 1 amide bonds. The molecule has 24 heavy (non-hydrogen) atoms. The van der Waals surface area contributed by atoms with Crippen LogP contribution in [0.4, 0.5) is 5.69 Å². The number of nitro benzene ring substituents is 1. The van der Waals surface area contributed by atoms with Gasteiger partial charge >= 0.3 is 0 Å². The van der Waals surface area contributed by atoms with Crippen LogP contribution in [0.1, 0.15) is 70.8 Å². The lowest BCUT2D eigenvalue weighted by Gasteiger charge is -2.49. The van der Waals surface area contributed by atoms with E-state index in [2.05, 4.69) is 48.5 Å². The fourth-order valence-corrected chi connectivity index (χ4v) is 3.99. The van der Waals surface area contributed by atoms with E-state index in [1.54, 1.807) is 6.07 Å². The summed E-state index contributed by atoms with van der Waals surface area (Å²) in [5.41, 5.74) is 0.830. The average Bonchev–Trinajstić information content (AvgIpc) is 2.39. The number of nitro groups is 1. The van der Waals surface area contributed by atoms with Crippen LogP contribution < -0.4 is 0 Å². The SMILES string of the molecule is CC(C)(C)CC(C)(C)N1CC(C)(C)c2ccc([N+](=O)[O-])cc2C1=O. The van der Waals surface area contributed by atoms with Crippen LogP contribution in [0, 0.1) is 15.5 Å². The molecule has 0 spiro atoms. The topological polar surface area (TPSA) is 63.4 Å². The molecule has 1 heterocycles. The fourth-order valence-electron chi connectivity index (χ4n) is 3.99. The molecule has 1 aromatic carbocycles. The monoisotopic (exact) mass is 332 g/mol. The lowest BCUT2D eigenvalue weighted by molar-refractivity contribution is -0.384. The summed E-state index contributed by atoms with van der Waals surface area (Å²) in [4.78, 5) is 25.7. The van der Waals surface area contributed by atoms with E-state index in [1.807, 2.05) is 4.90 Å². The maximum absolute atomic E-state index is 13.1. The van der Waals surface area contributed by atoms with Gasteiger partial charge in [0.25, 0.3) is 11.6 Å². The molecule has 2 rings (SSSR count). The number of rotatable bonds is 3. The van der Waals surface area contributed by atoms with Crippen molar-refractivity contribution in [2.24, 2.45) is 5.41 Å². The fraction of sp³-hybridized carbons (Fsp3) is 0.632. The van der Waals surface area contributed by atoms with Gasteiger partial charge in [-0.2, -0.15) is 0 Å². The Hall–Kier alpha value is -1.91. The second-order valence-corrected chi connectivity index (χ2v) is 9.31. The van der Waals surface area contributed by atoms with Gasteiger partial charge in [-0.25, -0.2) is 0 Å². The number of benzene rings is 1. The molecule has 0 saturated carbocycles. The molecule has 1 aliphatic rings. The van der Waals surface area contributed by atoms with Crippen LogP contribution in [0.25, 0.3) is 0 Å². The highest BCUT2D eigenvalue weighted by atomic mass is 16.6. The number of fused-ring (bicyclic) bond motifs is 1. The zero-order valence-corrected chi connectivity index (χ0v) is 15.8. The summed E-state index contributed by atoms with van der Waals surface area (Å²) in [7, 11) is 0. The molecule has 0 aromatic heterocycles. The molecule has 0 fully saturated rings. The Bertz CT molecular complexity index is 684.